The second-order valence-corrected chi connectivity index (χ2v) is 9.64. The molecule has 0 aliphatic heterocycles. The molecule has 0 saturated heterocycles. The van der Waals surface area contributed by atoms with Gasteiger partial charge in [0.05, 0.1) is 28.5 Å². The fourth-order valence-corrected chi connectivity index (χ4v) is 6.58. The van der Waals surface area contributed by atoms with Crippen LogP contribution in [-0.2, 0) is 9.59 Å². The average molecular weight is 508 g/mol. The number of benzene rings is 1. The summed E-state index contributed by atoms with van der Waals surface area (Å²) in [6, 6.07) is 6.46. The number of anilines is 1. The number of hydrogen-bond acceptors (Lipinski definition) is 3. The first-order chi connectivity index (χ1) is 12.9. The lowest BCUT2D eigenvalue weighted by Gasteiger charge is -2.33. The molecule has 1 saturated carbocycles. The van der Waals surface area contributed by atoms with E-state index in [0.717, 1.165) is 0 Å². The SMILES string of the molecule is CCOc1ccc(NC(=O)[C@H]2[C@@H](C(=O)O)[C@@]3(Cl)C(Cl)=C(Cl)[C@@]2(Cl)C3(Cl)Cl)cc1. The number of carbonyl (C=O) groups excluding carboxylic acids is 1. The highest BCUT2D eigenvalue weighted by Gasteiger charge is 2.85. The third kappa shape index (κ3) is 2.74. The summed E-state index contributed by atoms with van der Waals surface area (Å²) < 4.78 is 3.20. The van der Waals surface area contributed by atoms with Crippen molar-refractivity contribution >= 4 is 87.2 Å². The maximum absolute atomic E-state index is 13.0. The molecule has 152 valence electrons. The van der Waals surface area contributed by atoms with Crippen LogP contribution in [0.25, 0.3) is 0 Å². The smallest absolute Gasteiger partial charge is 0.309 e. The predicted octanol–water partition coefficient (Wildman–Crippen LogP) is 5.19. The molecular weight excluding hydrogens is 495 g/mol. The van der Waals surface area contributed by atoms with E-state index in [-0.39, 0.29) is 10.1 Å². The molecule has 1 aromatic rings. The van der Waals surface area contributed by atoms with Gasteiger partial charge in [0.2, 0.25) is 5.91 Å². The molecule has 4 atom stereocenters. The van der Waals surface area contributed by atoms with E-state index in [1.54, 1.807) is 24.3 Å². The second-order valence-electron chi connectivity index (χ2n) is 6.37. The van der Waals surface area contributed by atoms with Crippen molar-refractivity contribution in [3.63, 3.8) is 0 Å². The Kier molecular flexibility index (Phi) is 5.76. The first-order valence-electron chi connectivity index (χ1n) is 8.03. The van der Waals surface area contributed by atoms with E-state index >= 15 is 0 Å². The van der Waals surface area contributed by atoms with Gasteiger partial charge in [-0.1, -0.05) is 46.4 Å². The zero-order valence-electron chi connectivity index (χ0n) is 14.1. The predicted molar refractivity (Wildman–Crippen MR) is 111 cm³/mol. The second kappa shape index (κ2) is 7.29. The highest BCUT2D eigenvalue weighted by atomic mass is 35.5. The quantitative estimate of drug-likeness (QED) is 0.538. The molecule has 2 aliphatic carbocycles. The molecular formula is C17H13Cl6NO4. The Morgan fingerprint density at radius 2 is 1.54 bits per heavy atom. The van der Waals surface area contributed by atoms with E-state index in [2.05, 4.69) is 5.32 Å². The minimum absolute atomic E-state index is 0.250. The van der Waals surface area contributed by atoms with E-state index in [1.807, 2.05) is 6.92 Å². The number of fused-ring (bicyclic) bond motifs is 2. The lowest BCUT2D eigenvalue weighted by atomic mass is 9.81. The summed E-state index contributed by atoms with van der Waals surface area (Å²) in [7, 11) is 0. The summed E-state index contributed by atoms with van der Waals surface area (Å²) in [6.07, 6.45) is 0. The van der Waals surface area contributed by atoms with Crippen LogP contribution in [0, 0.1) is 11.8 Å². The summed E-state index contributed by atoms with van der Waals surface area (Å²) >= 11 is 38.2. The van der Waals surface area contributed by atoms with Crippen molar-refractivity contribution in [3.8, 4) is 5.75 Å². The van der Waals surface area contributed by atoms with Crippen LogP contribution < -0.4 is 10.1 Å². The Balaban J connectivity index is 2.00. The summed E-state index contributed by atoms with van der Waals surface area (Å²) in [4.78, 5) is 20.9. The first-order valence-corrected chi connectivity index (χ1v) is 10.3. The van der Waals surface area contributed by atoms with Gasteiger partial charge in [-0.15, -0.1) is 23.2 Å². The van der Waals surface area contributed by atoms with Crippen molar-refractivity contribution in [1.82, 2.24) is 0 Å². The molecule has 2 bridgehead atoms. The van der Waals surface area contributed by atoms with Gasteiger partial charge in [-0.3, -0.25) is 9.59 Å². The number of aliphatic carboxylic acids is 1. The molecule has 28 heavy (non-hydrogen) atoms. The normalized spacial score (nSPS) is 33.1. The zero-order chi connectivity index (χ0) is 21.1. The molecule has 2 N–H and O–H groups in total. The van der Waals surface area contributed by atoms with E-state index in [1.165, 1.54) is 0 Å². The Hall–Kier alpha value is -0.560. The first kappa shape index (κ1) is 22.1. The van der Waals surface area contributed by atoms with Gasteiger partial charge in [-0.25, -0.2) is 0 Å². The molecule has 1 amide bonds. The summed E-state index contributed by atoms with van der Waals surface area (Å²) in [5.74, 6) is -4.69. The number of nitrogens with one attached hydrogen (secondary N) is 1. The van der Waals surface area contributed by atoms with Crippen LogP contribution in [-0.4, -0.2) is 37.7 Å². The molecule has 5 nitrogen and oxygen atoms in total. The van der Waals surface area contributed by atoms with Crippen molar-refractivity contribution in [2.75, 3.05) is 11.9 Å². The summed E-state index contributed by atoms with van der Waals surface area (Å²) in [5, 5.41) is 11.8. The van der Waals surface area contributed by atoms with Crippen molar-refractivity contribution in [3.05, 3.63) is 34.3 Å². The molecule has 0 heterocycles. The monoisotopic (exact) mass is 505 g/mol. The molecule has 0 aromatic heterocycles. The summed E-state index contributed by atoms with van der Waals surface area (Å²) in [6.45, 7) is 2.32. The topological polar surface area (TPSA) is 75.6 Å². The number of ether oxygens (including phenoxy) is 1. The number of hydrogen-bond donors (Lipinski definition) is 2. The number of amides is 1. The molecule has 0 unspecified atom stereocenters. The highest BCUT2D eigenvalue weighted by molar-refractivity contribution is 6.66. The van der Waals surface area contributed by atoms with E-state index in [0.29, 0.717) is 18.0 Å². The van der Waals surface area contributed by atoms with Crippen LogP contribution in [0.15, 0.2) is 34.3 Å². The van der Waals surface area contributed by atoms with Gasteiger partial charge in [0.15, 0.2) is 4.33 Å². The Labute approximate surface area is 190 Å². The van der Waals surface area contributed by atoms with Gasteiger partial charge in [0.1, 0.15) is 15.5 Å². The number of alkyl halides is 4. The number of rotatable bonds is 5. The van der Waals surface area contributed by atoms with Gasteiger partial charge in [0, 0.05) is 5.69 Å². The van der Waals surface area contributed by atoms with Crippen molar-refractivity contribution < 1.29 is 19.4 Å². The van der Waals surface area contributed by atoms with Crippen LogP contribution in [0.5, 0.6) is 5.75 Å². The van der Waals surface area contributed by atoms with E-state index < -0.39 is 37.8 Å². The molecule has 0 spiro atoms. The van der Waals surface area contributed by atoms with Crippen LogP contribution in [0.1, 0.15) is 6.92 Å². The Morgan fingerprint density at radius 3 is 2.00 bits per heavy atom. The van der Waals surface area contributed by atoms with Crippen LogP contribution >= 0.6 is 69.6 Å². The van der Waals surface area contributed by atoms with Crippen LogP contribution in [0.3, 0.4) is 0 Å². The maximum Gasteiger partial charge on any atom is 0.309 e. The van der Waals surface area contributed by atoms with Crippen LogP contribution in [0.4, 0.5) is 5.69 Å². The fourth-order valence-electron chi connectivity index (χ4n) is 3.65. The maximum atomic E-state index is 13.0. The minimum Gasteiger partial charge on any atom is -0.494 e. The molecule has 2 aliphatic rings. The lowest BCUT2D eigenvalue weighted by Crippen LogP contribution is -2.47. The number of carbonyl (C=O) groups is 2. The number of halogens is 6. The van der Waals surface area contributed by atoms with Crippen molar-refractivity contribution in [2.24, 2.45) is 11.8 Å². The third-order valence-corrected chi connectivity index (χ3v) is 9.18. The van der Waals surface area contributed by atoms with E-state index in [4.69, 9.17) is 74.3 Å². The van der Waals surface area contributed by atoms with Crippen LogP contribution in [0.2, 0.25) is 0 Å². The fraction of sp³-hybridized carbons (Fsp3) is 0.412. The van der Waals surface area contributed by atoms with Gasteiger partial charge in [0.25, 0.3) is 0 Å². The standard InChI is InChI=1S/C17H13Cl6NO4/c1-2-28-8-5-3-7(4-6-8)24-13(25)9-10(14(26)27)16(21)12(19)11(18)15(9,20)17(16,22)23/h3-6,9-10H,2H2,1H3,(H,24,25)(H,26,27)/t9-,10+,15-,16-/m1/s1. The van der Waals surface area contributed by atoms with Crippen molar-refractivity contribution in [1.29, 1.82) is 0 Å². The average Bonchev–Trinajstić information content (AvgIpc) is 2.83. The van der Waals surface area contributed by atoms with Gasteiger partial charge in [-0.2, -0.15) is 0 Å². The van der Waals surface area contributed by atoms with Gasteiger partial charge >= 0.3 is 5.97 Å². The molecule has 3 rings (SSSR count). The number of allylic oxidation sites excluding steroid dienone is 2. The minimum atomic E-state index is -2.14. The molecule has 1 aromatic carbocycles. The number of carboxylic acids is 1. The number of carboxylic acid groups (broad SMARTS) is 1. The van der Waals surface area contributed by atoms with Crippen molar-refractivity contribution in [2.45, 2.75) is 21.0 Å². The van der Waals surface area contributed by atoms with E-state index in [9.17, 15) is 14.7 Å². The largest absolute Gasteiger partial charge is 0.494 e. The van der Waals surface area contributed by atoms with Gasteiger partial charge < -0.3 is 15.2 Å². The lowest BCUT2D eigenvalue weighted by molar-refractivity contribution is -0.146. The summed E-state index contributed by atoms with van der Waals surface area (Å²) in [5.41, 5.74) is 0.380. The molecule has 1 fully saturated rings. The Bertz CT molecular complexity index is 873. The Morgan fingerprint density at radius 1 is 1.04 bits per heavy atom. The zero-order valence-corrected chi connectivity index (χ0v) is 18.6. The third-order valence-electron chi connectivity index (χ3n) is 4.92. The molecule has 0 radical (unpaired) electrons. The van der Waals surface area contributed by atoms with Gasteiger partial charge in [-0.05, 0) is 31.2 Å². The highest BCUT2D eigenvalue weighted by Crippen LogP contribution is 2.76. The molecule has 11 heteroatoms.